The Hall–Kier alpha value is -1.36. The number of hydrogen-bond acceptors (Lipinski definition) is 4. The van der Waals surface area contributed by atoms with Crippen molar-refractivity contribution in [1.29, 1.82) is 0 Å². The van der Waals surface area contributed by atoms with Crippen LogP contribution in [0.2, 0.25) is 0 Å². The van der Waals surface area contributed by atoms with E-state index >= 15 is 0 Å². The monoisotopic (exact) mass is 309 g/mol. The molecule has 0 bridgehead atoms. The Balaban J connectivity index is 3.09. The van der Waals surface area contributed by atoms with Gasteiger partial charge in [-0.1, -0.05) is 25.9 Å². The lowest BCUT2D eigenvalue weighted by Crippen LogP contribution is -2.66. The van der Waals surface area contributed by atoms with Crippen LogP contribution in [0.3, 0.4) is 0 Å². The first-order chi connectivity index (χ1) is 10.2. The number of rotatable bonds is 7. The highest BCUT2D eigenvalue weighted by Crippen LogP contribution is 2.34. The zero-order valence-electron chi connectivity index (χ0n) is 15.3. The highest BCUT2D eigenvalue weighted by atomic mass is 16.5. The van der Waals surface area contributed by atoms with Crippen molar-refractivity contribution in [1.82, 2.24) is 15.4 Å². The molecule has 1 amide bonds. The number of carbonyl (C=O) groups is 1. The molecule has 0 spiro atoms. The van der Waals surface area contributed by atoms with Gasteiger partial charge < -0.3 is 14.7 Å². The van der Waals surface area contributed by atoms with Crippen LogP contribution in [-0.4, -0.2) is 41.1 Å². The van der Waals surface area contributed by atoms with E-state index in [9.17, 15) is 4.79 Å². The van der Waals surface area contributed by atoms with Crippen LogP contribution in [0.4, 0.5) is 0 Å². The number of likely N-dealkylation sites (N-methyl/N-ethyl adjacent to an activating group) is 1. The first kappa shape index (κ1) is 18.7. The normalized spacial score (nSPS) is 12.8. The molecule has 0 radical (unpaired) electrons. The minimum atomic E-state index is -0.394. The molecule has 0 fully saturated rings. The molecular formula is C17H31N3O2. The predicted molar refractivity (Wildman–Crippen MR) is 89.2 cm³/mol. The molecule has 0 aromatic carbocycles. The van der Waals surface area contributed by atoms with Crippen molar-refractivity contribution in [3.8, 4) is 0 Å². The van der Waals surface area contributed by atoms with Crippen molar-refractivity contribution >= 4 is 5.91 Å². The standard InChI is InChI=1S/C17H31N3O2/c1-9-13-12(4)14(19-22-13)15(21)18-16(5,6)17(10-2,11-3)20(7)8/h9-11H2,1-8H3,(H,18,21). The third kappa shape index (κ3) is 3.05. The van der Waals surface area contributed by atoms with Crippen LogP contribution in [0.5, 0.6) is 0 Å². The maximum Gasteiger partial charge on any atom is 0.274 e. The fourth-order valence-electron chi connectivity index (χ4n) is 3.70. The number of nitrogens with zero attached hydrogens (tertiary/aromatic N) is 2. The third-order valence-electron chi connectivity index (χ3n) is 5.17. The summed E-state index contributed by atoms with van der Waals surface area (Å²) in [5, 5.41) is 7.12. The van der Waals surface area contributed by atoms with Crippen LogP contribution in [0.15, 0.2) is 4.52 Å². The summed E-state index contributed by atoms with van der Waals surface area (Å²) >= 11 is 0. The Kier molecular flexibility index (Phi) is 5.79. The molecule has 0 saturated heterocycles. The lowest BCUT2D eigenvalue weighted by Gasteiger charge is -2.51. The quantitative estimate of drug-likeness (QED) is 0.840. The Morgan fingerprint density at radius 2 is 1.77 bits per heavy atom. The molecule has 126 valence electrons. The minimum absolute atomic E-state index is 0.117. The van der Waals surface area contributed by atoms with E-state index in [0.29, 0.717) is 5.69 Å². The van der Waals surface area contributed by atoms with E-state index in [2.05, 4.69) is 57.2 Å². The molecule has 0 aliphatic rings. The summed E-state index contributed by atoms with van der Waals surface area (Å²) < 4.78 is 5.24. The van der Waals surface area contributed by atoms with Crippen molar-refractivity contribution in [2.75, 3.05) is 14.1 Å². The highest BCUT2D eigenvalue weighted by Gasteiger charge is 2.45. The molecule has 1 heterocycles. The van der Waals surface area contributed by atoms with Gasteiger partial charge in [0.2, 0.25) is 0 Å². The molecule has 0 unspecified atom stereocenters. The fourth-order valence-corrected chi connectivity index (χ4v) is 3.70. The number of carbonyl (C=O) groups excluding carboxylic acids is 1. The number of hydrogen-bond donors (Lipinski definition) is 1. The van der Waals surface area contributed by atoms with Gasteiger partial charge in [-0.05, 0) is 47.7 Å². The van der Waals surface area contributed by atoms with Crippen LogP contribution < -0.4 is 5.32 Å². The highest BCUT2D eigenvalue weighted by molar-refractivity contribution is 5.94. The zero-order valence-corrected chi connectivity index (χ0v) is 15.3. The molecular weight excluding hydrogens is 278 g/mol. The summed E-state index contributed by atoms with van der Waals surface area (Å²) in [6, 6.07) is 0. The molecule has 1 aromatic rings. The Morgan fingerprint density at radius 3 is 2.14 bits per heavy atom. The first-order valence-corrected chi connectivity index (χ1v) is 8.11. The summed E-state index contributed by atoms with van der Waals surface area (Å²) in [6.45, 7) is 12.4. The molecule has 1 rings (SSSR count). The lowest BCUT2D eigenvalue weighted by molar-refractivity contribution is 0.0368. The second-order valence-corrected chi connectivity index (χ2v) is 6.65. The number of aromatic nitrogens is 1. The second kappa shape index (κ2) is 6.82. The van der Waals surface area contributed by atoms with E-state index in [-0.39, 0.29) is 11.4 Å². The van der Waals surface area contributed by atoms with Crippen LogP contribution in [0.25, 0.3) is 0 Å². The van der Waals surface area contributed by atoms with Crippen LogP contribution in [-0.2, 0) is 6.42 Å². The van der Waals surface area contributed by atoms with Crippen molar-refractivity contribution in [3.63, 3.8) is 0 Å². The van der Waals surface area contributed by atoms with Crippen molar-refractivity contribution in [3.05, 3.63) is 17.0 Å². The molecule has 0 atom stereocenters. The Bertz CT molecular complexity index is 514. The number of amides is 1. The van der Waals surface area contributed by atoms with E-state index in [1.165, 1.54) is 0 Å². The van der Waals surface area contributed by atoms with Crippen LogP contribution in [0.1, 0.15) is 69.3 Å². The van der Waals surface area contributed by atoms with Crippen molar-refractivity contribution in [2.24, 2.45) is 0 Å². The second-order valence-electron chi connectivity index (χ2n) is 6.65. The maximum atomic E-state index is 12.7. The summed E-state index contributed by atoms with van der Waals surface area (Å²) in [5.41, 5.74) is 0.715. The largest absolute Gasteiger partial charge is 0.360 e. The summed E-state index contributed by atoms with van der Waals surface area (Å²) in [4.78, 5) is 14.9. The van der Waals surface area contributed by atoms with Crippen molar-refractivity contribution in [2.45, 2.75) is 71.9 Å². The van der Waals surface area contributed by atoms with Gasteiger partial charge in [-0.15, -0.1) is 0 Å². The minimum Gasteiger partial charge on any atom is -0.360 e. The molecule has 5 heteroatoms. The smallest absolute Gasteiger partial charge is 0.274 e. The first-order valence-electron chi connectivity index (χ1n) is 8.11. The van der Waals surface area contributed by atoms with Gasteiger partial charge in [0.1, 0.15) is 5.76 Å². The SMILES string of the molecule is CCc1onc(C(=O)NC(C)(C)C(CC)(CC)N(C)C)c1C. The van der Waals surface area contributed by atoms with Gasteiger partial charge in [-0.3, -0.25) is 4.79 Å². The van der Waals surface area contributed by atoms with Gasteiger partial charge in [-0.25, -0.2) is 0 Å². The van der Waals surface area contributed by atoms with Crippen LogP contribution >= 0.6 is 0 Å². The predicted octanol–water partition coefficient (Wildman–Crippen LogP) is 3.17. The molecule has 0 saturated carbocycles. The Labute approximate surface area is 134 Å². The average Bonchev–Trinajstić information content (AvgIpc) is 2.80. The molecule has 0 aliphatic carbocycles. The maximum absolute atomic E-state index is 12.7. The molecule has 1 N–H and O–H groups in total. The average molecular weight is 309 g/mol. The van der Waals surface area contributed by atoms with Gasteiger partial charge in [0.15, 0.2) is 5.69 Å². The summed E-state index contributed by atoms with van der Waals surface area (Å²) in [5.74, 6) is 0.604. The molecule has 0 aliphatic heterocycles. The fraction of sp³-hybridized carbons (Fsp3) is 0.765. The van der Waals surface area contributed by atoms with Gasteiger partial charge in [-0.2, -0.15) is 0 Å². The van der Waals surface area contributed by atoms with Crippen LogP contribution in [0, 0.1) is 6.92 Å². The zero-order chi connectivity index (χ0) is 17.1. The van der Waals surface area contributed by atoms with Crippen molar-refractivity contribution < 1.29 is 9.32 Å². The van der Waals surface area contributed by atoms with Gasteiger partial charge in [0.25, 0.3) is 5.91 Å². The van der Waals surface area contributed by atoms with E-state index in [0.717, 1.165) is 30.6 Å². The van der Waals surface area contributed by atoms with E-state index in [1.54, 1.807) is 0 Å². The number of nitrogens with one attached hydrogen (secondary N) is 1. The third-order valence-corrected chi connectivity index (χ3v) is 5.17. The lowest BCUT2D eigenvalue weighted by atomic mass is 9.74. The topological polar surface area (TPSA) is 58.4 Å². The summed E-state index contributed by atoms with van der Waals surface area (Å²) in [7, 11) is 4.13. The van der Waals surface area contributed by atoms with Gasteiger partial charge in [0, 0.05) is 17.5 Å². The number of aryl methyl sites for hydroxylation is 1. The summed E-state index contributed by atoms with van der Waals surface area (Å²) in [6.07, 6.45) is 2.63. The Morgan fingerprint density at radius 1 is 1.23 bits per heavy atom. The van der Waals surface area contributed by atoms with Gasteiger partial charge in [0.05, 0.1) is 5.54 Å². The molecule has 1 aromatic heterocycles. The van der Waals surface area contributed by atoms with E-state index in [1.807, 2.05) is 13.8 Å². The van der Waals surface area contributed by atoms with E-state index < -0.39 is 5.54 Å². The molecule has 22 heavy (non-hydrogen) atoms. The van der Waals surface area contributed by atoms with Gasteiger partial charge >= 0.3 is 0 Å². The molecule has 5 nitrogen and oxygen atoms in total. The van der Waals surface area contributed by atoms with E-state index in [4.69, 9.17) is 4.52 Å².